The number of alkyl halides is 1. The van der Waals surface area contributed by atoms with Gasteiger partial charge in [-0.3, -0.25) is 0 Å². The third kappa shape index (κ3) is 5.95. The number of hydrogen-bond donors (Lipinski definition) is 0. The van der Waals surface area contributed by atoms with Crippen LogP contribution >= 0.6 is 0 Å². The van der Waals surface area contributed by atoms with E-state index < -0.39 is 5.67 Å². The maximum absolute atomic E-state index is 13.5. The van der Waals surface area contributed by atoms with Gasteiger partial charge < -0.3 is 0 Å². The van der Waals surface area contributed by atoms with E-state index in [0.29, 0.717) is 12.3 Å². The van der Waals surface area contributed by atoms with Crippen molar-refractivity contribution >= 4 is 0 Å². The molecule has 0 amide bonds. The zero-order valence-corrected chi connectivity index (χ0v) is 10.3. The third-order valence-corrected chi connectivity index (χ3v) is 2.16. The van der Waals surface area contributed by atoms with E-state index in [1.54, 1.807) is 13.8 Å². The molecular formula is C13H23F. The Hall–Kier alpha value is -0.590. The van der Waals surface area contributed by atoms with Gasteiger partial charge in [-0.25, -0.2) is 4.39 Å². The Kier molecular flexibility index (Phi) is 5.11. The minimum Gasteiger partial charge on any atom is -0.244 e. The first kappa shape index (κ1) is 13.4. The summed E-state index contributed by atoms with van der Waals surface area (Å²) in [6.45, 7) is 11.5. The van der Waals surface area contributed by atoms with Crippen LogP contribution in [0.15, 0.2) is 23.3 Å². The van der Waals surface area contributed by atoms with Crippen LogP contribution in [0.5, 0.6) is 0 Å². The Morgan fingerprint density at radius 3 is 2.14 bits per heavy atom. The van der Waals surface area contributed by atoms with E-state index in [-0.39, 0.29) is 0 Å². The van der Waals surface area contributed by atoms with Crippen molar-refractivity contribution in [1.82, 2.24) is 0 Å². The van der Waals surface area contributed by atoms with Crippen LogP contribution in [0.3, 0.4) is 0 Å². The van der Waals surface area contributed by atoms with Crippen molar-refractivity contribution in [3.63, 3.8) is 0 Å². The Morgan fingerprint density at radius 2 is 1.86 bits per heavy atom. The average Bonchev–Trinajstić information content (AvgIpc) is 1.96. The zero-order valence-electron chi connectivity index (χ0n) is 10.3. The maximum Gasteiger partial charge on any atom is 0.109 e. The van der Waals surface area contributed by atoms with Crippen LogP contribution in [-0.2, 0) is 0 Å². The molecule has 82 valence electrons. The quantitative estimate of drug-likeness (QED) is 0.576. The van der Waals surface area contributed by atoms with E-state index in [0.717, 1.165) is 0 Å². The summed E-state index contributed by atoms with van der Waals surface area (Å²) in [5.41, 5.74) is 1.36. The van der Waals surface area contributed by atoms with Crippen LogP contribution in [0.25, 0.3) is 0 Å². The Bertz CT molecular complexity index is 224. The van der Waals surface area contributed by atoms with Crippen molar-refractivity contribution in [2.75, 3.05) is 0 Å². The molecule has 0 aromatic heterocycles. The van der Waals surface area contributed by atoms with Gasteiger partial charge in [0.25, 0.3) is 0 Å². The lowest BCUT2D eigenvalue weighted by Gasteiger charge is -2.20. The fourth-order valence-electron chi connectivity index (χ4n) is 1.62. The summed E-state index contributed by atoms with van der Waals surface area (Å²) in [5, 5.41) is 0. The first-order valence-electron chi connectivity index (χ1n) is 5.25. The van der Waals surface area contributed by atoms with Crippen LogP contribution in [0.2, 0.25) is 0 Å². The van der Waals surface area contributed by atoms with Gasteiger partial charge in [-0.15, -0.1) is 0 Å². The molecule has 0 aliphatic carbocycles. The van der Waals surface area contributed by atoms with E-state index >= 15 is 0 Å². The van der Waals surface area contributed by atoms with Crippen molar-refractivity contribution in [3.8, 4) is 0 Å². The van der Waals surface area contributed by atoms with Crippen LogP contribution in [-0.4, -0.2) is 5.67 Å². The molecular weight excluding hydrogens is 175 g/mol. The smallest absolute Gasteiger partial charge is 0.109 e. The van der Waals surface area contributed by atoms with Gasteiger partial charge in [-0.05, 0) is 40.5 Å². The largest absolute Gasteiger partial charge is 0.244 e. The van der Waals surface area contributed by atoms with Gasteiger partial charge in [-0.1, -0.05) is 30.2 Å². The SMILES string of the molecule is C/C=C(/CC(C)(C)F)[C@H](C)C=C(C)C. The summed E-state index contributed by atoms with van der Waals surface area (Å²) in [5.74, 6) is 0.347. The molecule has 0 saturated heterocycles. The lowest BCUT2D eigenvalue weighted by Crippen LogP contribution is -2.15. The maximum atomic E-state index is 13.5. The Balaban J connectivity index is 4.53. The van der Waals surface area contributed by atoms with Crippen LogP contribution in [0.1, 0.15) is 48.0 Å². The normalized spacial score (nSPS) is 15.2. The van der Waals surface area contributed by atoms with Crippen molar-refractivity contribution in [3.05, 3.63) is 23.3 Å². The molecule has 0 aromatic rings. The molecule has 0 rings (SSSR count). The van der Waals surface area contributed by atoms with Crippen molar-refractivity contribution in [2.24, 2.45) is 5.92 Å². The first-order valence-corrected chi connectivity index (χ1v) is 5.25. The molecule has 0 aliphatic rings. The summed E-state index contributed by atoms with van der Waals surface area (Å²) in [7, 11) is 0. The summed E-state index contributed by atoms with van der Waals surface area (Å²) in [6.07, 6.45) is 4.74. The van der Waals surface area contributed by atoms with Gasteiger partial charge in [-0.2, -0.15) is 0 Å². The molecule has 0 unspecified atom stereocenters. The molecule has 14 heavy (non-hydrogen) atoms. The minimum absolute atomic E-state index is 0.347. The topological polar surface area (TPSA) is 0 Å². The second-order valence-corrected chi connectivity index (χ2v) is 4.79. The van der Waals surface area contributed by atoms with Crippen LogP contribution < -0.4 is 0 Å². The molecule has 0 aliphatic heterocycles. The highest BCUT2D eigenvalue weighted by atomic mass is 19.1. The predicted molar refractivity (Wildman–Crippen MR) is 62.2 cm³/mol. The summed E-state index contributed by atoms with van der Waals surface area (Å²) >= 11 is 0. The van der Waals surface area contributed by atoms with Gasteiger partial charge in [0.2, 0.25) is 0 Å². The molecule has 0 bridgehead atoms. The monoisotopic (exact) mass is 198 g/mol. The molecule has 0 spiro atoms. The van der Waals surface area contributed by atoms with E-state index in [1.165, 1.54) is 11.1 Å². The van der Waals surface area contributed by atoms with Gasteiger partial charge in [0.15, 0.2) is 0 Å². The van der Waals surface area contributed by atoms with Crippen molar-refractivity contribution in [1.29, 1.82) is 0 Å². The number of rotatable bonds is 4. The number of allylic oxidation sites excluding steroid dienone is 4. The highest BCUT2D eigenvalue weighted by Crippen LogP contribution is 2.26. The lowest BCUT2D eigenvalue weighted by molar-refractivity contribution is 0.213. The zero-order chi connectivity index (χ0) is 11.4. The fraction of sp³-hybridized carbons (Fsp3) is 0.692. The van der Waals surface area contributed by atoms with Crippen molar-refractivity contribution < 1.29 is 4.39 Å². The fourth-order valence-corrected chi connectivity index (χ4v) is 1.62. The van der Waals surface area contributed by atoms with Gasteiger partial charge >= 0.3 is 0 Å². The van der Waals surface area contributed by atoms with Gasteiger partial charge in [0.05, 0.1) is 0 Å². The highest BCUT2D eigenvalue weighted by Gasteiger charge is 2.19. The van der Waals surface area contributed by atoms with E-state index in [2.05, 4.69) is 26.8 Å². The Labute approximate surface area is 87.9 Å². The molecule has 0 nitrogen and oxygen atoms in total. The van der Waals surface area contributed by atoms with Gasteiger partial charge in [0, 0.05) is 6.42 Å². The Morgan fingerprint density at radius 1 is 1.36 bits per heavy atom. The first-order chi connectivity index (χ1) is 6.26. The van der Waals surface area contributed by atoms with Crippen LogP contribution in [0, 0.1) is 5.92 Å². The lowest BCUT2D eigenvalue weighted by atomic mass is 9.90. The molecule has 0 radical (unpaired) electrons. The number of halogens is 1. The van der Waals surface area contributed by atoms with E-state index in [9.17, 15) is 4.39 Å². The molecule has 1 atom stereocenters. The molecule has 0 saturated carbocycles. The molecule has 0 fully saturated rings. The molecule has 0 N–H and O–H groups in total. The van der Waals surface area contributed by atoms with Crippen molar-refractivity contribution in [2.45, 2.75) is 53.6 Å². The van der Waals surface area contributed by atoms with E-state index in [1.807, 2.05) is 13.0 Å². The second kappa shape index (κ2) is 5.33. The van der Waals surface area contributed by atoms with Crippen LogP contribution in [0.4, 0.5) is 4.39 Å². The summed E-state index contributed by atoms with van der Waals surface area (Å²) in [4.78, 5) is 0. The van der Waals surface area contributed by atoms with E-state index in [4.69, 9.17) is 0 Å². The summed E-state index contributed by atoms with van der Waals surface area (Å²) < 4.78 is 13.5. The standard InChI is InChI=1S/C13H23F/c1-7-12(9-13(5,6)14)11(4)8-10(2)3/h7-8,11H,9H2,1-6H3/b12-7-/t11-/m1/s1. The third-order valence-electron chi connectivity index (χ3n) is 2.16. The van der Waals surface area contributed by atoms with Gasteiger partial charge in [0.1, 0.15) is 5.67 Å². The number of hydrogen-bond acceptors (Lipinski definition) is 0. The highest BCUT2D eigenvalue weighted by molar-refractivity contribution is 5.15. The molecule has 1 heteroatoms. The molecule has 0 heterocycles. The average molecular weight is 198 g/mol. The predicted octanol–water partition coefficient (Wildman–Crippen LogP) is 4.67. The minimum atomic E-state index is -1.11. The summed E-state index contributed by atoms with van der Waals surface area (Å²) in [6, 6.07) is 0. The molecule has 0 aromatic carbocycles. The second-order valence-electron chi connectivity index (χ2n) is 4.79.